The first-order valence-electron chi connectivity index (χ1n) is 11.4. The van der Waals surface area contributed by atoms with Gasteiger partial charge in [-0.05, 0) is 47.7 Å². The number of nitrogens with one attached hydrogen (secondary N) is 1. The number of anilines is 1. The van der Waals surface area contributed by atoms with Gasteiger partial charge >= 0.3 is 12.1 Å². The van der Waals surface area contributed by atoms with Crippen LogP contribution in [0.4, 0.5) is 10.6 Å². The molecule has 0 atom stereocenters. The van der Waals surface area contributed by atoms with Gasteiger partial charge in [0, 0.05) is 44.5 Å². The Morgan fingerprint density at radius 3 is 2.26 bits per heavy atom. The number of carbonyl (C=O) groups is 3. The largest absolute Gasteiger partial charge is 0.481 e. The zero-order valence-corrected chi connectivity index (χ0v) is 19.9. The molecule has 0 aliphatic carbocycles. The van der Waals surface area contributed by atoms with Crippen molar-refractivity contribution in [3.8, 4) is 5.75 Å². The summed E-state index contributed by atoms with van der Waals surface area (Å²) < 4.78 is 5.47. The number of hydrogen-bond donors (Lipinski definition) is 2. The summed E-state index contributed by atoms with van der Waals surface area (Å²) in [5.41, 5.74) is 1.32. The van der Waals surface area contributed by atoms with Crippen LogP contribution in [0.1, 0.15) is 43.1 Å². The van der Waals surface area contributed by atoms with Crippen LogP contribution >= 0.6 is 0 Å². The van der Waals surface area contributed by atoms with Crippen molar-refractivity contribution in [2.45, 2.75) is 33.6 Å². The van der Waals surface area contributed by atoms with Gasteiger partial charge in [-0.3, -0.25) is 9.59 Å². The van der Waals surface area contributed by atoms with E-state index >= 15 is 0 Å². The highest BCUT2D eigenvalue weighted by Gasteiger charge is 2.23. The molecule has 1 saturated heterocycles. The smallest absolute Gasteiger partial charge is 0.415 e. The SMILES string of the molecule is CC(C)(C)CCNC(=O)c1ccc(OC(=O)N2CCN(c3ccc(CC(=O)O)cn3)CC2)cc1. The summed E-state index contributed by atoms with van der Waals surface area (Å²) in [4.78, 5) is 43.6. The van der Waals surface area contributed by atoms with Gasteiger partial charge in [0.15, 0.2) is 0 Å². The minimum absolute atomic E-state index is 0.0598. The quantitative estimate of drug-likeness (QED) is 0.642. The van der Waals surface area contributed by atoms with E-state index in [4.69, 9.17) is 9.84 Å². The fraction of sp³-hybridized carbons (Fsp3) is 0.440. The lowest BCUT2D eigenvalue weighted by atomic mass is 9.92. The number of carboxylic acid groups (broad SMARTS) is 1. The minimum Gasteiger partial charge on any atom is -0.481 e. The molecule has 2 amide bonds. The molecule has 1 fully saturated rings. The fourth-order valence-electron chi connectivity index (χ4n) is 3.49. The molecule has 9 heteroatoms. The number of nitrogens with zero attached hydrogens (tertiary/aromatic N) is 3. The van der Waals surface area contributed by atoms with Gasteiger partial charge in [-0.2, -0.15) is 0 Å². The molecule has 0 saturated carbocycles. The number of pyridine rings is 1. The molecule has 34 heavy (non-hydrogen) atoms. The summed E-state index contributed by atoms with van der Waals surface area (Å²) >= 11 is 0. The van der Waals surface area contributed by atoms with E-state index in [1.54, 1.807) is 47.5 Å². The van der Waals surface area contributed by atoms with E-state index in [-0.39, 0.29) is 17.7 Å². The highest BCUT2D eigenvalue weighted by molar-refractivity contribution is 5.94. The summed E-state index contributed by atoms with van der Waals surface area (Å²) in [6.07, 6.45) is 1.95. The standard InChI is InChI=1S/C25H32N4O5/c1-25(2,3)10-11-26-23(32)19-5-7-20(8-6-19)34-24(33)29-14-12-28(13-15-29)21-9-4-18(17-27-21)16-22(30)31/h4-9,17H,10-16H2,1-3H3,(H,26,32)(H,30,31). The maximum Gasteiger partial charge on any atom is 0.415 e. The Morgan fingerprint density at radius 2 is 1.71 bits per heavy atom. The van der Waals surface area contributed by atoms with Crippen LogP contribution in [0.2, 0.25) is 0 Å². The van der Waals surface area contributed by atoms with Gasteiger partial charge in [0.05, 0.1) is 6.42 Å². The van der Waals surface area contributed by atoms with E-state index in [9.17, 15) is 14.4 Å². The Hall–Kier alpha value is -3.62. The van der Waals surface area contributed by atoms with Crippen LogP contribution in [0, 0.1) is 5.41 Å². The molecule has 3 rings (SSSR count). The molecule has 1 aromatic heterocycles. The number of piperazine rings is 1. The minimum atomic E-state index is -0.893. The fourth-order valence-corrected chi connectivity index (χ4v) is 3.49. The first kappa shape index (κ1) is 25.0. The predicted molar refractivity (Wildman–Crippen MR) is 128 cm³/mol. The van der Waals surface area contributed by atoms with E-state index in [0.29, 0.717) is 49.6 Å². The van der Waals surface area contributed by atoms with E-state index in [1.165, 1.54) is 0 Å². The molecular formula is C25H32N4O5. The average molecular weight is 469 g/mol. The molecule has 0 unspecified atom stereocenters. The van der Waals surface area contributed by atoms with E-state index in [1.807, 2.05) is 4.90 Å². The highest BCUT2D eigenvalue weighted by Crippen LogP contribution is 2.19. The van der Waals surface area contributed by atoms with Crippen molar-refractivity contribution in [1.82, 2.24) is 15.2 Å². The van der Waals surface area contributed by atoms with Gasteiger partial charge in [-0.1, -0.05) is 26.8 Å². The molecule has 182 valence electrons. The van der Waals surface area contributed by atoms with Crippen LogP contribution < -0.4 is 15.0 Å². The zero-order valence-electron chi connectivity index (χ0n) is 19.9. The molecule has 1 aliphatic heterocycles. The Balaban J connectivity index is 1.45. The number of carboxylic acids is 1. The van der Waals surface area contributed by atoms with Crippen LogP contribution in [0.5, 0.6) is 5.75 Å². The van der Waals surface area contributed by atoms with Crippen molar-refractivity contribution in [3.63, 3.8) is 0 Å². The summed E-state index contributed by atoms with van der Waals surface area (Å²) in [5, 5.41) is 11.8. The normalized spacial score (nSPS) is 14.0. The Bertz CT molecular complexity index is 991. The molecular weight excluding hydrogens is 436 g/mol. The van der Waals surface area contributed by atoms with Crippen molar-refractivity contribution in [3.05, 3.63) is 53.7 Å². The first-order valence-corrected chi connectivity index (χ1v) is 11.4. The summed E-state index contributed by atoms with van der Waals surface area (Å²) in [6, 6.07) is 10.1. The number of aliphatic carboxylic acids is 1. The molecule has 1 aliphatic rings. The molecule has 0 radical (unpaired) electrons. The van der Waals surface area contributed by atoms with E-state index in [2.05, 4.69) is 31.1 Å². The molecule has 0 bridgehead atoms. The summed E-state index contributed by atoms with van der Waals surface area (Å²) in [6.45, 7) is 9.12. The molecule has 9 nitrogen and oxygen atoms in total. The Kier molecular flexibility index (Phi) is 8.09. The van der Waals surface area contributed by atoms with Gasteiger partial charge in [0.2, 0.25) is 0 Å². The van der Waals surface area contributed by atoms with Crippen molar-refractivity contribution in [1.29, 1.82) is 0 Å². The lowest BCUT2D eigenvalue weighted by Crippen LogP contribution is -2.49. The van der Waals surface area contributed by atoms with Crippen LogP contribution in [-0.2, 0) is 11.2 Å². The number of aromatic nitrogens is 1. The molecule has 1 aromatic carbocycles. The monoisotopic (exact) mass is 468 g/mol. The lowest BCUT2D eigenvalue weighted by molar-refractivity contribution is -0.136. The zero-order chi connectivity index (χ0) is 24.7. The highest BCUT2D eigenvalue weighted by atomic mass is 16.6. The number of rotatable bonds is 7. The topological polar surface area (TPSA) is 112 Å². The third kappa shape index (κ3) is 7.47. The van der Waals surface area contributed by atoms with Gasteiger partial charge < -0.3 is 25.0 Å². The summed E-state index contributed by atoms with van der Waals surface area (Å²) in [5.74, 6) is 0.0893. The number of ether oxygens (including phenoxy) is 1. The second-order valence-corrected chi connectivity index (χ2v) is 9.53. The predicted octanol–water partition coefficient (Wildman–Crippen LogP) is 3.20. The second kappa shape index (κ2) is 11.0. The van der Waals surface area contributed by atoms with E-state index in [0.717, 1.165) is 12.2 Å². The Morgan fingerprint density at radius 1 is 1.03 bits per heavy atom. The maximum atomic E-state index is 12.5. The van der Waals surface area contributed by atoms with Gasteiger partial charge in [0.1, 0.15) is 11.6 Å². The third-order valence-corrected chi connectivity index (χ3v) is 5.51. The molecule has 2 N–H and O–H groups in total. The van der Waals surface area contributed by atoms with Crippen LogP contribution in [-0.4, -0.2) is 65.7 Å². The summed E-state index contributed by atoms with van der Waals surface area (Å²) in [7, 11) is 0. The van der Waals surface area contributed by atoms with Gasteiger partial charge in [0.25, 0.3) is 5.91 Å². The first-order chi connectivity index (χ1) is 16.1. The van der Waals surface area contributed by atoms with Crippen molar-refractivity contribution < 1.29 is 24.2 Å². The van der Waals surface area contributed by atoms with Crippen molar-refractivity contribution in [2.24, 2.45) is 5.41 Å². The molecule has 0 spiro atoms. The molecule has 2 heterocycles. The van der Waals surface area contributed by atoms with Crippen LogP contribution in [0.25, 0.3) is 0 Å². The maximum absolute atomic E-state index is 12.5. The lowest BCUT2D eigenvalue weighted by Gasteiger charge is -2.34. The number of carbonyl (C=O) groups excluding carboxylic acids is 2. The van der Waals surface area contributed by atoms with Crippen LogP contribution in [0.15, 0.2) is 42.6 Å². The van der Waals surface area contributed by atoms with Crippen molar-refractivity contribution in [2.75, 3.05) is 37.6 Å². The van der Waals surface area contributed by atoms with Crippen molar-refractivity contribution >= 4 is 23.8 Å². The third-order valence-electron chi connectivity index (χ3n) is 5.51. The number of amides is 2. The van der Waals surface area contributed by atoms with Gasteiger partial charge in [-0.15, -0.1) is 0 Å². The molecule has 2 aromatic rings. The van der Waals surface area contributed by atoms with E-state index < -0.39 is 12.1 Å². The Labute approximate surface area is 199 Å². The van der Waals surface area contributed by atoms with Crippen LogP contribution in [0.3, 0.4) is 0 Å². The average Bonchev–Trinajstić information content (AvgIpc) is 2.79. The number of hydrogen-bond acceptors (Lipinski definition) is 6. The second-order valence-electron chi connectivity index (χ2n) is 9.53. The number of benzene rings is 1. The van der Waals surface area contributed by atoms with Gasteiger partial charge in [-0.25, -0.2) is 9.78 Å².